The summed E-state index contributed by atoms with van der Waals surface area (Å²) >= 11 is 0. The number of methoxy groups -OCH3 is 1. The molecule has 0 heterocycles. The molecule has 2 N–H and O–H groups in total. The van der Waals surface area contributed by atoms with Gasteiger partial charge in [0.2, 0.25) is 0 Å². The third kappa shape index (κ3) is 4.04. The predicted molar refractivity (Wildman–Crippen MR) is 69.0 cm³/mol. The topological polar surface area (TPSA) is 66.8 Å². The summed E-state index contributed by atoms with van der Waals surface area (Å²) in [6, 6.07) is 5.81. The van der Waals surface area contributed by atoms with Crippen molar-refractivity contribution in [1.29, 1.82) is 0 Å². The average molecular weight is 252 g/mol. The van der Waals surface area contributed by atoms with Crippen LogP contribution in [-0.4, -0.2) is 29.4 Å². The van der Waals surface area contributed by atoms with Gasteiger partial charge in [0.05, 0.1) is 19.6 Å². The second-order valence-electron chi connectivity index (χ2n) is 4.68. The monoisotopic (exact) mass is 252 g/mol. The van der Waals surface area contributed by atoms with Crippen LogP contribution >= 0.6 is 0 Å². The van der Waals surface area contributed by atoms with Gasteiger partial charge in [-0.3, -0.25) is 4.79 Å². The highest BCUT2D eigenvalue weighted by atomic mass is 16.5. The van der Waals surface area contributed by atoms with Gasteiger partial charge in [-0.25, -0.2) is 0 Å². The van der Waals surface area contributed by atoms with E-state index < -0.39 is 12.1 Å². The SMILES string of the molecule is COc1ccc(C(C)C)cc1CC(O)CC(=O)O. The van der Waals surface area contributed by atoms with E-state index in [0.29, 0.717) is 11.7 Å². The largest absolute Gasteiger partial charge is 0.496 e. The van der Waals surface area contributed by atoms with E-state index in [1.165, 1.54) is 0 Å². The minimum Gasteiger partial charge on any atom is -0.496 e. The van der Waals surface area contributed by atoms with Gasteiger partial charge in [0.25, 0.3) is 0 Å². The summed E-state index contributed by atoms with van der Waals surface area (Å²) in [5.74, 6) is 0.0663. The first-order valence-corrected chi connectivity index (χ1v) is 6.00. The Morgan fingerprint density at radius 1 is 1.39 bits per heavy atom. The number of hydrogen-bond donors (Lipinski definition) is 2. The zero-order valence-electron chi connectivity index (χ0n) is 11.0. The molecule has 1 atom stereocenters. The van der Waals surface area contributed by atoms with Crippen molar-refractivity contribution in [3.63, 3.8) is 0 Å². The highest BCUT2D eigenvalue weighted by Gasteiger charge is 2.14. The van der Waals surface area contributed by atoms with E-state index in [1.54, 1.807) is 7.11 Å². The van der Waals surface area contributed by atoms with E-state index >= 15 is 0 Å². The molecule has 18 heavy (non-hydrogen) atoms. The smallest absolute Gasteiger partial charge is 0.305 e. The fraction of sp³-hybridized carbons (Fsp3) is 0.500. The number of carboxylic acids is 1. The number of hydrogen-bond acceptors (Lipinski definition) is 3. The molecular weight excluding hydrogens is 232 g/mol. The number of ether oxygens (including phenoxy) is 1. The molecule has 0 aliphatic carbocycles. The molecule has 0 aliphatic heterocycles. The van der Waals surface area contributed by atoms with Crippen LogP contribution in [0.4, 0.5) is 0 Å². The molecular formula is C14H20O4. The molecule has 0 aliphatic rings. The summed E-state index contributed by atoms with van der Waals surface area (Å²) in [5.41, 5.74) is 1.99. The number of aliphatic carboxylic acids is 1. The fourth-order valence-electron chi connectivity index (χ4n) is 1.84. The van der Waals surface area contributed by atoms with E-state index in [9.17, 15) is 9.90 Å². The number of aliphatic hydroxyl groups is 1. The summed E-state index contributed by atoms with van der Waals surface area (Å²) < 4.78 is 5.23. The molecule has 4 heteroatoms. The Bertz CT molecular complexity index is 412. The van der Waals surface area contributed by atoms with Gasteiger partial charge in [-0.05, 0) is 23.1 Å². The molecule has 0 amide bonds. The third-order valence-corrected chi connectivity index (χ3v) is 2.84. The van der Waals surface area contributed by atoms with E-state index in [4.69, 9.17) is 9.84 Å². The fourth-order valence-corrected chi connectivity index (χ4v) is 1.84. The van der Waals surface area contributed by atoms with Crippen LogP contribution in [0.3, 0.4) is 0 Å². The molecule has 1 aromatic rings. The number of carboxylic acid groups (broad SMARTS) is 1. The molecule has 0 saturated carbocycles. The van der Waals surface area contributed by atoms with Crippen LogP contribution in [0, 0.1) is 0 Å². The molecule has 0 fully saturated rings. The van der Waals surface area contributed by atoms with E-state index in [2.05, 4.69) is 13.8 Å². The van der Waals surface area contributed by atoms with Crippen molar-refractivity contribution in [3.05, 3.63) is 29.3 Å². The van der Waals surface area contributed by atoms with Crippen molar-refractivity contribution < 1.29 is 19.7 Å². The Morgan fingerprint density at radius 3 is 2.56 bits per heavy atom. The lowest BCUT2D eigenvalue weighted by Gasteiger charge is -2.15. The first kappa shape index (κ1) is 14.5. The zero-order chi connectivity index (χ0) is 13.7. The van der Waals surface area contributed by atoms with Crippen molar-refractivity contribution in [2.45, 2.75) is 38.7 Å². The Hall–Kier alpha value is -1.55. The quantitative estimate of drug-likeness (QED) is 0.814. The second kappa shape index (κ2) is 6.40. The standard InChI is InChI=1S/C14H20O4/c1-9(2)10-4-5-13(18-3)11(6-10)7-12(15)8-14(16)17/h4-6,9,12,15H,7-8H2,1-3H3,(H,16,17). The van der Waals surface area contributed by atoms with Crippen LogP contribution in [0.5, 0.6) is 5.75 Å². The highest BCUT2D eigenvalue weighted by Crippen LogP contribution is 2.25. The molecule has 1 rings (SSSR count). The minimum atomic E-state index is -0.999. The molecule has 1 aromatic carbocycles. The van der Waals surface area contributed by atoms with Crippen LogP contribution in [-0.2, 0) is 11.2 Å². The van der Waals surface area contributed by atoms with Gasteiger partial charge in [-0.1, -0.05) is 26.0 Å². The summed E-state index contributed by atoms with van der Waals surface area (Å²) in [5, 5.41) is 18.3. The van der Waals surface area contributed by atoms with Gasteiger partial charge in [0.1, 0.15) is 5.75 Å². The van der Waals surface area contributed by atoms with Crippen molar-refractivity contribution in [2.24, 2.45) is 0 Å². The molecule has 0 saturated heterocycles. The minimum absolute atomic E-state index is 0.255. The Labute approximate surface area is 107 Å². The first-order valence-electron chi connectivity index (χ1n) is 6.00. The van der Waals surface area contributed by atoms with Crippen molar-refractivity contribution in [1.82, 2.24) is 0 Å². The van der Waals surface area contributed by atoms with Crippen molar-refractivity contribution in [2.75, 3.05) is 7.11 Å². The zero-order valence-corrected chi connectivity index (χ0v) is 11.0. The van der Waals surface area contributed by atoms with Crippen LogP contribution in [0.15, 0.2) is 18.2 Å². The number of benzene rings is 1. The highest BCUT2D eigenvalue weighted by molar-refractivity contribution is 5.67. The van der Waals surface area contributed by atoms with E-state index in [0.717, 1.165) is 11.1 Å². The van der Waals surface area contributed by atoms with Gasteiger partial charge in [0.15, 0.2) is 0 Å². The lowest BCUT2D eigenvalue weighted by molar-refractivity contribution is -0.139. The third-order valence-electron chi connectivity index (χ3n) is 2.84. The number of aliphatic hydroxyl groups excluding tert-OH is 1. The Kier molecular flexibility index (Phi) is 5.16. The predicted octanol–water partition coefficient (Wildman–Crippen LogP) is 2.20. The molecule has 4 nitrogen and oxygen atoms in total. The molecule has 1 unspecified atom stereocenters. The van der Waals surface area contributed by atoms with Crippen molar-refractivity contribution >= 4 is 5.97 Å². The normalized spacial score (nSPS) is 12.5. The lowest BCUT2D eigenvalue weighted by Crippen LogP contribution is -2.16. The van der Waals surface area contributed by atoms with E-state index in [-0.39, 0.29) is 12.8 Å². The maximum Gasteiger partial charge on any atom is 0.305 e. The van der Waals surface area contributed by atoms with Crippen molar-refractivity contribution in [3.8, 4) is 5.75 Å². The van der Waals surface area contributed by atoms with Gasteiger partial charge in [-0.15, -0.1) is 0 Å². The molecule has 0 bridgehead atoms. The molecule has 0 radical (unpaired) electrons. The Balaban J connectivity index is 2.90. The number of rotatable bonds is 6. The Morgan fingerprint density at radius 2 is 2.06 bits per heavy atom. The maximum absolute atomic E-state index is 10.5. The van der Waals surface area contributed by atoms with Gasteiger partial charge >= 0.3 is 5.97 Å². The maximum atomic E-state index is 10.5. The molecule has 0 spiro atoms. The summed E-state index contributed by atoms with van der Waals surface area (Å²) in [6.07, 6.45) is -0.857. The van der Waals surface area contributed by atoms with Crippen LogP contribution < -0.4 is 4.74 Å². The number of carbonyl (C=O) groups is 1. The first-order chi connectivity index (χ1) is 8.43. The summed E-state index contributed by atoms with van der Waals surface area (Å²) in [7, 11) is 1.57. The summed E-state index contributed by atoms with van der Waals surface area (Å²) in [6.45, 7) is 4.17. The van der Waals surface area contributed by atoms with Crippen LogP contribution in [0.1, 0.15) is 37.3 Å². The van der Waals surface area contributed by atoms with Gasteiger partial charge in [-0.2, -0.15) is 0 Å². The summed E-state index contributed by atoms with van der Waals surface area (Å²) in [4.78, 5) is 10.5. The van der Waals surface area contributed by atoms with Crippen LogP contribution in [0.25, 0.3) is 0 Å². The van der Waals surface area contributed by atoms with Gasteiger partial charge < -0.3 is 14.9 Å². The van der Waals surface area contributed by atoms with Crippen LogP contribution in [0.2, 0.25) is 0 Å². The second-order valence-corrected chi connectivity index (χ2v) is 4.68. The van der Waals surface area contributed by atoms with E-state index in [1.807, 2.05) is 18.2 Å². The average Bonchev–Trinajstić information content (AvgIpc) is 2.27. The van der Waals surface area contributed by atoms with Gasteiger partial charge in [0, 0.05) is 6.42 Å². The lowest BCUT2D eigenvalue weighted by atomic mass is 9.97. The molecule has 100 valence electrons. The molecule has 0 aromatic heterocycles.